The quantitative estimate of drug-likeness (QED) is 0.801. The van der Waals surface area contributed by atoms with E-state index in [2.05, 4.69) is 27.8 Å². The summed E-state index contributed by atoms with van der Waals surface area (Å²) < 4.78 is 6.62. The predicted octanol–water partition coefficient (Wildman–Crippen LogP) is 4.42. The number of hydrogen-bond acceptors (Lipinski definition) is 2. The van der Waals surface area contributed by atoms with Crippen molar-refractivity contribution >= 4 is 27.5 Å². The molecule has 1 aliphatic heterocycles. The Hall–Kier alpha value is -0.670. The van der Waals surface area contributed by atoms with Crippen molar-refractivity contribution in [2.75, 3.05) is 0 Å². The zero-order chi connectivity index (χ0) is 12.0. The molecule has 1 unspecified atom stereocenters. The average Bonchev–Trinajstić information content (AvgIpc) is 2.91. The Morgan fingerprint density at radius 1 is 1.35 bits per heavy atom. The van der Waals surface area contributed by atoms with Gasteiger partial charge in [-0.05, 0) is 47.8 Å². The molecule has 1 aliphatic carbocycles. The fraction of sp³-hybridized carbons (Fsp3) is 0.385. The number of benzene rings is 1. The molecule has 17 heavy (non-hydrogen) atoms. The van der Waals surface area contributed by atoms with Gasteiger partial charge in [-0.3, -0.25) is 0 Å². The Morgan fingerprint density at radius 3 is 2.59 bits per heavy atom. The lowest BCUT2D eigenvalue weighted by atomic mass is 10.1. The van der Waals surface area contributed by atoms with Crippen LogP contribution < -0.4 is 0 Å². The van der Waals surface area contributed by atoms with Crippen molar-refractivity contribution in [1.29, 1.82) is 0 Å². The molecule has 0 N–H and O–H groups in total. The molecule has 90 valence electrons. The molecule has 1 fully saturated rings. The van der Waals surface area contributed by atoms with Gasteiger partial charge in [-0.2, -0.15) is 0 Å². The van der Waals surface area contributed by atoms with E-state index in [1.807, 2.05) is 30.5 Å². The van der Waals surface area contributed by atoms with Crippen molar-refractivity contribution in [3.63, 3.8) is 0 Å². The fourth-order valence-corrected chi connectivity index (χ4v) is 2.63. The number of hydrogen-bond donors (Lipinski definition) is 0. The molecule has 0 amide bonds. The van der Waals surface area contributed by atoms with E-state index in [0.29, 0.717) is 0 Å². The average molecular weight is 315 g/mol. The van der Waals surface area contributed by atoms with Crippen molar-refractivity contribution in [3.05, 3.63) is 45.7 Å². The molecule has 2 nitrogen and oxygen atoms in total. The van der Waals surface area contributed by atoms with Crippen molar-refractivity contribution in [2.45, 2.75) is 31.5 Å². The van der Waals surface area contributed by atoms with Crippen LogP contribution in [-0.2, 0) is 4.74 Å². The Balaban J connectivity index is 1.90. The summed E-state index contributed by atoms with van der Waals surface area (Å²) in [7, 11) is 0. The highest BCUT2D eigenvalue weighted by atomic mass is 79.9. The number of ether oxygens (including phenoxy) is 1. The molecule has 1 saturated carbocycles. The SMILES string of the molecule is CC1(N2C=C(Br)OC2c2ccc(Cl)cc2)CC1. The van der Waals surface area contributed by atoms with Crippen LogP contribution in [0.1, 0.15) is 31.6 Å². The van der Waals surface area contributed by atoms with Crippen molar-refractivity contribution in [1.82, 2.24) is 4.90 Å². The lowest BCUT2D eigenvalue weighted by Crippen LogP contribution is -2.31. The molecule has 0 saturated heterocycles. The van der Waals surface area contributed by atoms with E-state index in [9.17, 15) is 0 Å². The maximum Gasteiger partial charge on any atom is 0.199 e. The molecule has 2 aliphatic rings. The van der Waals surface area contributed by atoms with Crippen LogP contribution in [0.4, 0.5) is 0 Å². The molecule has 1 heterocycles. The van der Waals surface area contributed by atoms with Gasteiger partial charge in [0, 0.05) is 16.1 Å². The Bertz CT molecular complexity index is 467. The molecule has 0 bridgehead atoms. The number of halogens is 2. The van der Waals surface area contributed by atoms with Crippen molar-refractivity contribution in [2.24, 2.45) is 0 Å². The third-order valence-corrected chi connectivity index (χ3v) is 4.11. The number of rotatable bonds is 2. The van der Waals surface area contributed by atoms with Gasteiger partial charge in [0.2, 0.25) is 0 Å². The Kier molecular flexibility index (Phi) is 2.64. The second kappa shape index (κ2) is 3.92. The second-order valence-electron chi connectivity index (χ2n) is 4.86. The largest absolute Gasteiger partial charge is 0.458 e. The summed E-state index contributed by atoms with van der Waals surface area (Å²) in [6.07, 6.45) is 4.45. The Morgan fingerprint density at radius 2 is 2.00 bits per heavy atom. The third kappa shape index (κ3) is 2.06. The molecule has 0 radical (unpaired) electrons. The smallest absolute Gasteiger partial charge is 0.199 e. The summed E-state index contributed by atoms with van der Waals surface area (Å²) in [5.74, 6) is 0. The standard InChI is InChI=1S/C13H13BrClNO/c1-13(6-7-13)16-8-11(14)17-12(16)9-2-4-10(15)5-3-9/h2-5,8,12H,6-7H2,1H3. The van der Waals surface area contributed by atoms with Crippen molar-refractivity contribution < 1.29 is 4.74 Å². The molecule has 4 heteroatoms. The van der Waals surface area contributed by atoms with Gasteiger partial charge in [-0.25, -0.2) is 0 Å². The van der Waals surface area contributed by atoms with Crippen LogP contribution >= 0.6 is 27.5 Å². The van der Waals surface area contributed by atoms with Gasteiger partial charge in [0.25, 0.3) is 0 Å². The van der Waals surface area contributed by atoms with E-state index in [1.165, 1.54) is 12.8 Å². The topological polar surface area (TPSA) is 12.5 Å². The van der Waals surface area contributed by atoms with Gasteiger partial charge < -0.3 is 9.64 Å². The van der Waals surface area contributed by atoms with E-state index >= 15 is 0 Å². The number of nitrogens with zero attached hydrogens (tertiary/aromatic N) is 1. The van der Waals surface area contributed by atoms with Crippen LogP contribution in [0.15, 0.2) is 35.1 Å². The molecular formula is C13H13BrClNO. The monoisotopic (exact) mass is 313 g/mol. The first-order valence-corrected chi connectivity index (χ1v) is 6.83. The zero-order valence-electron chi connectivity index (χ0n) is 9.49. The summed E-state index contributed by atoms with van der Waals surface area (Å²) in [5, 5.41) is 0.753. The van der Waals surface area contributed by atoms with E-state index in [4.69, 9.17) is 16.3 Å². The van der Waals surface area contributed by atoms with Crippen LogP contribution in [0.25, 0.3) is 0 Å². The Labute approximate surface area is 114 Å². The van der Waals surface area contributed by atoms with Gasteiger partial charge in [-0.1, -0.05) is 23.7 Å². The van der Waals surface area contributed by atoms with Crippen LogP contribution in [0.2, 0.25) is 5.02 Å². The molecule has 1 aromatic carbocycles. The zero-order valence-corrected chi connectivity index (χ0v) is 11.8. The maximum atomic E-state index is 5.91. The lowest BCUT2D eigenvalue weighted by molar-refractivity contribution is 0.0248. The first-order valence-electron chi connectivity index (χ1n) is 5.66. The maximum absolute atomic E-state index is 5.91. The molecule has 3 rings (SSSR count). The van der Waals surface area contributed by atoms with E-state index in [0.717, 1.165) is 15.3 Å². The fourth-order valence-electron chi connectivity index (χ4n) is 2.10. The van der Waals surface area contributed by atoms with Crippen molar-refractivity contribution in [3.8, 4) is 0 Å². The second-order valence-corrected chi connectivity index (χ2v) is 6.08. The van der Waals surface area contributed by atoms with Crippen LogP contribution in [0.3, 0.4) is 0 Å². The first-order chi connectivity index (χ1) is 8.08. The first kappa shape index (κ1) is 11.4. The van der Waals surface area contributed by atoms with E-state index in [-0.39, 0.29) is 11.8 Å². The van der Waals surface area contributed by atoms with Gasteiger partial charge in [0.15, 0.2) is 10.9 Å². The van der Waals surface area contributed by atoms with E-state index in [1.54, 1.807) is 0 Å². The van der Waals surface area contributed by atoms with Gasteiger partial charge in [-0.15, -0.1) is 0 Å². The minimum atomic E-state index is -0.0332. The normalized spacial score (nSPS) is 25.5. The molecule has 0 aromatic heterocycles. The van der Waals surface area contributed by atoms with Crippen LogP contribution in [0, 0.1) is 0 Å². The highest BCUT2D eigenvalue weighted by molar-refractivity contribution is 9.11. The minimum Gasteiger partial charge on any atom is -0.458 e. The summed E-state index contributed by atoms with van der Waals surface area (Å²) in [6, 6.07) is 7.84. The highest BCUT2D eigenvalue weighted by Crippen LogP contribution is 2.49. The highest BCUT2D eigenvalue weighted by Gasteiger charge is 2.48. The summed E-state index contributed by atoms with van der Waals surface area (Å²) in [6.45, 7) is 2.27. The van der Waals surface area contributed by atoms with Crippen LogP contribution in [0.5, 0.6) is 0 Å². The molecule has 1 aromatic rings. The van der Waals surface area contributed by atoms with Gasteiger partial charge in [0.1, 0.15) is 0 Å². The summed E-state index contributed by atoms with van der Waals surface area (Å²) in [4.78, 5) is 2.29. The minimum absolute atomic E-state index is 0.0332. The molecule has 1 atom stereocenters. The lowest BCUT2D eigenvalue weighted by Gasteiger charge is -2.30. The predicted molar refractivity (Wildman–Crippen MR) is 71.8 cm³/mol. The summed E-state index contributed by atoms with van der Waals surface area (Å²) >= 11 is 9.33. The van der Waals surface area contributed by atoms with Crippen LogP contribution in [-0.4, -0.2) is 10.4 Å². The van der Waals surface area contributed by atoms with Gasteiger partial charge >= 0.3 is 0 Å². The summed E-state index contributed by atoms with van der Waals surface area (Å²) in [5.41, 5.74) is 1.38. The third-order valence-electron chi connectivity index (χ3n) is 3.47. The molecular weight excluding hydrogens is 302 g/mol. The molecule has 0 spiro atoms. The van der Waals surface area contributed by atoms with E-state index < -0.39 is 0 Å². The van der Waals surface area contributed by atoms with Gasteiger partial charge in [0.05, 0.1) is 6.20 Å².